The van der Waals surface area contributed by atoms with Crippen LogP contribution in [0.15, 0.2) is 36.2 Å². The van der Waals surface area contributed by atoms with Crippen LogP contribution in [0.3, 0.4) is 0 Å². The van der Waals surface area contributed by atoms with Crippen LogP contribution < -0.4 is 0 Å². The average Bonchev–Trinajstić information content (AvgIpc) is 2.12. The number of hydrogen-bond acceptors (Lipinski definition) is 0. The SMILES string of the molecule is C=C(F)C1=CC=CC1. The van der Waals surface area contributed by atoms with Crippen molar-refractivity contribution in [2.75, 3.05) is 0 Å². The Kier molecular flexibility index (Phi) is 1.29. The monoisotopic (exact) mass is 110 g/mol. The molecule has 0 heterocycles. The summed E-state index contributed by atoms with van der Waals surface area (Å²) in [6.45, 7) is 3.16. The molecule has 0 bridgehead atoms. The van der Waals surface area contributed by atoms with Gasteiger partial charge in [-0.15, -0.1) is 0 Å². The van der Waals surface area contributed by atoms with Gasteiger partial charge in [0.25, 0.3) is 0 Å². The van der Waals surface area contributed by atoms with E-state index in [2.05, 4.69) is 6.58 Å². The van der Waals surface area contributed by atoms with Gasteiger partial charge in [0, 0.05) is 0 Å². The molecule has 1 rings (SSSR count). The smallest absolute Gasteiger partial charge is 0.119 e. The summed E-state index contributed by atoms with van der Waals surface area (Å²) in [4.78, 5) is 0. The largest absolute Gasteiger partial charge is 0.207 e. The van der Waals surface area contributed by atoms with Gasteiger partial charge in [0.2, 0.25) is 0 Å². The van der Waals surface area contributed by atoms with Crippen molar-refractivity contribution in [1.82, 2.24) is 0 Å². The zero-order chi connectivity index (χ0) is 5.98. The lowest BCUT2D eigenvalue weighted by molar-refractivity contribution is 0.652. The predicted octanol–water partition coefficient (Wildman–Crippen LogP) is 2.36. The molecule has 0 saturated carbocycles. The van der Waals surface area contributed by atoms with Gasteiger partial charge in [-0.3, -0.25) is 0 Å². The molecule has 0 unspecified atom stereocenters. The first kappa shape index (κ1) is 5.29. The van der Waals surface area contributed by atoms with Crippen molar-refractivity contribution in [3.63, 3.8) is 0 Å². The van der Waals surface area contributed by atoms with Crippen molar-refractivity contribution in [3.8, 4) is 0 Å². The van der Waals surface area contributed by atoms with Gasteiger partial charge >= 0.3 is 0 Å². The predicted molar refractivity (Wildman–Crippen MR) is 32.1 cm³/mol. The molecule has 0 aromatic heterocycles. The summed E-state index contributed by atoms with van der Waals surface area (Å²) >= 11 is 0. The third-order valence-electron chi connectivity index (χ3n) is 1.12. The van der Waals surface area contributed by atoms with Gasteiger partial charge in [-0.05, 0) is 12.0 Å². The normalized spacial score (nSPS) is 16.4. The van der Waals surface area contributed by atoms with Crippen LogP contribution in [0, 0.1) is 0 Å². The minimum Gasteiger partial charge on any atom is -0.207 e. The van der Waals surface area contributed by atoms with E-state index in [1.54, 1.807) is 6.08 Å². The molecule has 42 valence electrons. The second-order valence-corrected chi connectivity index (χ2v) is 1.73. The molecule has 0 saturated heterocycles. The molecule has 0 amide bonds. The molecule has 1 aliphatic rings. The van der Waals surface area contributed by atoms with Crippen molar-refractivity contribution in [2.45, 2.75) is 6.42 Å². The lowest BCUT2D eigenvalue weighted by Crippen LogP contribution is -1.73. The summed E-state index contributed by atoms with van der Waals surface area (Å²) in [6, 6.07) is 0. The van der Waals surface area contributed by atoms with Crippen LogP contribution in [-0.4, -0.2) is 0 Å². The Labute approximate surface area is 48.0 Å². The van der Waals surface area contributed by atoms with Gasteiger partial charge in [0.05, 0.1) is 0 Å². The molecule has 0 aromatic carbocycles. The maximum absolute atomic E-state index is 12.1. The van der Waals surface area contributed by atoms with Gasteiger partial charge in [-0.1, -0.05) is 24.8 Å². The zero-order valence-corrected chi connectivity index (χ0v) is 4.52. The average molecular weight is 110 g/mol. The summed E-state index contributed by atoms with van der Waals surface area (Å²) in [5.41, 5.74) is 0.699. The number of halogens is 1. The maximum Gasteiger partial charge on any atom is 0.119 e. The zero-order valence-electron chi connectivity index (χ0n) is 4.52. The minimum absolute atomic E-state index is 0.310. The summed E-state index contributed by atoms with van der Waals surface area (Å²) in [5.74, 6) is -0.310. The molecule has 0 spiro atoms. The highest BCUT2D eigenvalue weighted by atomic mass is 19.1. The third kappa shape index (κ3) is 0.861. The Bertz CT molecular complexity index is 163. The maximum atomic E-state index is 12.1. The Morgan fingerprint density at radius 1 is 1.75 bits per heavy atom. The summed E-state index contributed by atoms with van der Waals surface area (Å²) in [5, 5.41) is 0. The summed E-state index contributed by atoms with van der Waals surface area (Å²) in [7, 11) is 0. The van der Waals surface area contributed by atoms with Gasteiger partial charge in [-0.25, -0.2) is 4.39 Å². The van der Waals surface area contributed by atoms with E-state index in [0.717, 1.165) is 0 Å². The van der Waals surface area contributed by atoms with Crippen LogP contribution in [0.5, 0.6) is 0 Å². The molecule has 1 heteroatoms. The van der Waals surface area contributed by atoms with E-state index in [9.17, 15) is 4.39 Å². The third-order valence-corrected chi connectivity index (χ3v) is 1.12. The van der Waals surface area contributed by atoms with E-state index in [1.807, 2.05) is 12.2 Å². The van der Waals surface area contributed by atoms with E-state index in [0.29, 0.717) is 12.0 Å². The fraction of sp³-hybridized carbons (Fsp3) is 0.143. The second kappa shape index (κ2) is 1.95. The Balaban J connectivity index is 2.64. The van der Waals surface area contributed by atoms with E-state index < -0.39 is 0 Å². The fourth-order valence-electron chi connectivity index (χ4n) is 0.648. The molecule has 1 aliphatic carbocycles. The number of rotatable bonds is 1. The quantitative estimate of drug-likeness (QED) is 0.486. The van der Waals surface area contributed by atoms with E-state index in [4.69, 9.17) is 0 Å². The van der Waals surface area contributed by atoms with Crippen LogP contribution in [0.4, 0.5) is 4.39 Å². The summed E-state index contributed by atoms with van der Waals surface area (Å²) < 4.78 is 12.1. The van der Waals surface area contributed by atoms with E-state index >= 15 is 0 Å². The van der Waals surface area contributed by atoms with Crippen LogP contribution in [-0.2, 0) is 0 Å². The molecule has 0 fully saturated rings. The van der Waals surface area contributed by atoms with Gasteiger partial charge in [0.15, 0.2) is 0 Å². The Hall–Kier alpha value is -0.850. The first-order chi connectivity index (χ1) is 3.80. The number of hydrogen-bond donors (Lipinski definition) is 0. The molecule has 0 N–H and O–H groups in total. The van der Waals surface area contributed by atoms with Crippen molar-refractivity contribution >= 4 is 0 Å². The topological polar surface area (TPSA) is 0 Å². The van der Waals surface area contributed by atoms with Crippen LogP contribution in [0.25, 0.3) is 0 Å². The first-order valence-corrected chi connectivity index (χ1v) is 2.51. The molecular formula is C7H7F. The van der Waals surface area contributed by atoms with Crippen LogP contribution in [0.1, 0.15) is 6.42 Å². The van der Waals surface area contributed by atoms with E-state index in [-0.39, 0.29) is 5.83 Å². The van der Waals surface area contributed by atoms with Crippen LogP contribution in [0.2, 0.25) is 0 Å². The Morgan fingerprint density at radius 2 is 2.50 bits per heavy atom. The standard InChI is InChI=1S/C7H7F/c1-6(8)7-4-2-3-5-7/h2-4H,1,5H2. The van der Waals surface area contributed by atoms with Crippen molar-refractivity contribution in [3.05, 3.63) is 36.2 Å². The highest BCUT2D eigenvalue weighted by molar-refractivity contribution is 5.33. The number of allylic oxidation sites excluding steroid dienone is 5. The first-order valence-electron chi connectivity index (χ1n) is 2.51. The van der Waals surface area contributed by atoms with Crippen molar-refractivity contribution in [2.24, 2.45) is 0 Å². The van der Waals surface area contributed by atoms with Gasteiger partial charge in [0.1, 0.15) is 5.83 Å². The molecule has 0 atom stereocenters. The molecule has 8 heavy (non-hydrogen) atoms. The molecular weight excluding hydrogens is 103 g/mol. The highest BCUT2D eigenvalue weighted by Crippen LogP contribution is 2.18. The molecule has 0 nitrogen and oxygen atoms in total. The lowest BCUT2D eigenvalue weighted by atomic mass is 10.2. The lowest BCUT2D eigenvalue weighted by Gasteiger charge is -1.90. The van der Waals surface area contributed by atoms with Crippen molar-refractivity contribution in [1.29, 1.82) is 0 Å². The van der Waals surface area contributed by atoms with Gasteiger partial charge in [-0.2, -0.15) is 0 Å². The molecule has 0 aromatic rings. The van der Waals surface area contributed by atoms with Crippen LogP contribution >= 0.6 is 0 Å². The van der Waals surface area contributed by atoms with Gasteiger partial charge < -0.3 is 0 Å². The minimum atomic E-state index is -0.310. The second-order valence-electron chi connectivity index (χ2n) is 1.73. The highest BCUT2D eigenvalue weighted by Gasteiger charge is 2.00. The van der Waals surface area contributed by atoms with Crippen molar-refractivity contribution < 1.29 is 4.39 Å². The summed E-state index contributed by atoms with van der Waals surface area (Å²) in [6.07, 6.45) is 6.18. The fourth-order valence-corrected chi connectivity index (χ4v) is 0.648. The molecule has 0 radical (unpaired) electrons. The molecule has 0 aliphatic heterocycles. The van der Waals surface area contributed by atoms with E-state index in [1.165, 1.54) is 0 Å². The Morgan fingerprint density at radius 3 is 2.75 bits per heavy atom.